The summed E-state index contributed by atoms with van der Waals surface area (Å²) in [5.41, 5.74) is 3.43. The van der Waals surface area contributed by atoms with E-state index >= 15 is 0 Å². The molecule has 1 aliphatic heterocycles. The van der Waals surface area contributed by atoms with Crippen molar-refractivity contribution in [2.75, 3.05) is 18.4 Å². The van der Waals surface area contributed by atoms with E-state index in [1.807, 2.05) is 55.5 Å². The zero-order valence-electron chi connectivity index (χ0n) is 18.8. The van der Waals surface area contributed by atoms with Gasteiger partial charge in [0.1, 0.15) is 5.82 Å². The Kier molecular flexibility index (Phi) is 5.93. The minimum atomic E-state index is -3.73. The van der Waals surface area contributed by atoms with Crippen molar-refractivity contribution in [2.24, 2.45) is 5.92 Å². The molecule has 1 saturated heterocycles. The fourth-order valence-corrected chi connectivity index (χ4v) is 5.66. The molecule has 0 aliphatic carbocycles. The Morgan fingerprint density at radius 2 is 1.97 bits per heavy atom. The van der Waals surface area contributed by atoms with Crippen molar-refractivity contribution in [3.63, 3.8) is 0 Å². The van der Waals surface area contributed by atoms with E-state index in [9.17, 15) is 13.2 Å². The van der Waals surface area contributed by atoms with Gasteiger partial charge < -0.3 is 14.9 Å². The summed E-state index contributed by atoms with van der Waals surface area (Å²) >= 11 is 0. The maximum Gasteiger partial charge on any atom is 0.262 e. The van der Waals surface area contributed by atoms with Gasteiger partial charge in [0.05, 0.1) is 23.3 Å². The number of imidazole rings is 2. The average Bonchev–Trinajstić information content (AvgIpc) is 3.52. The predicted octanol–water partition coefficient (Wildman–Crippen LogP) is 3.49. The molecule has 0 unspecified atom stereocenters. The number of para-hydroxylation sites is 2. The third kappa shape index (κ3) is 4.34. The van der Waals surface area contributed by atoms with Crippen LogP contribution in [0.25, 0.3) is 22.4 Å². The van der Waals surface area contributed by atoms with Gasteiger partial charge in [-0.05, 0) is 56.2 Å². The lowest BCUT2D eigenvalue weighted by Gasteiger charge is -2.30. The van der Waals surface area contributed by atoms with Crippen LogP contribution in [0.4, 0.5) is 5.69 Å². The molecule has 2 N–H and O–H groups in total. The zero-order valence-corrected chi connectivity index (χ0v) is 19.6. The quantitative estimate of drug-likeness (QED) is 0.441. The van der Waals surface area contributed by atoms with Crippen LogP contribution in [-0.2, 0) is 21.4 Å². The Morgan fingerprint density at radius 1 is 1.18 bits per heavy atom. The Bertz CT molecular complexity index is 1390. The van der Waals surface area contributed by atoms with Crippen LogP contribution in [0.3, 0.4) is 0 Å². The lowest BCUT2D eigenvalue weighted by atomic mass is 9.98. The van der Waals surface area contributed by atoms with Gasteiger partial charge in [-0.25, -0.2) is 18.4 Å². The van der Waals surface area contributed by atoms with Crippen LogP contribution >= 0.6 is 0 Å². The lowest BCUT2D eigenvalue weighted by molar-refractivity contribution is -0.120. The Hall–Kier alpha value is -3.50. The number of piperidine rings is 1. The first-order valence-electron chi connectivity index (χ1n) is 11.3. The molecule has 2 aromatic carbocycles. The van der Waals surface area contributed by atoms with Gasteiger partial charge in [0.15, 0.2) is 5.03 Å². The van der Waals surface area contributed by atoms with Crippen LogP contribution in [0.1, 0.15) is 19.8 Å². The van der Waals surface area contributed by atoms with Crippen molar-refractivity contribution in [3.05, 3.63) is 61.1 Å². The number of H-pyrrole nitrogens is 1. The zero-order chi connectivity index (χ0) is 23.7. The molecular formula is C24H26N6O3S. The van der Waals surface area contributed by atoms with Gasteiger partial charge in [-0.2, -0.15) is 4.31 Å². The molecule has 4 aromatic rings. The number of aromatic nitrogens is 4. The number of aromatic amines is 1. The normalized spacial score (nSPS) is 17.1. The third-order valence-electron chi connectivity index (χ3n) is 6.15. The molecule has 0 radical (unpaired) electrons. The van der Waals surface area contributed by atoms with Gasteiger partial charge in [0.2, 0.25) is 5.91 Å². The molecule has 0 bridgehead atoms. The Balaban J connectivity index is 1.25. The molecule has 0 spiro atoms. The van der Waals surface area contributed by atoms with E-state index in [4.69, 9.17) is 0 Å². The molecular weight excluding hydrogens is 452 g/mol. The van der Waals surface area contributed by atoms with Crippen LogP contribution in [0.2, 0.25) is 0 Å². The van der Waals surface area contributed by atoms with Gasteiger partial charge in [0.25, 0.3) is 10.0 Å². The Labute approximate surface area is 197 Å². The minimum Gasteiger partial charge on any atom is -0.338 e. The second kappa shape index (κ2) is 9.03. The number of rotatable bonds is 6. The summed E-state index contributed by atoms with van der Waals surface area (Å²) in [6.07, 6.45) is 4.30. The molecule has 10 heteroatoms. The highest BCUT2D eigenvalue weighted by Gasteiger charge is 2.34. The van der Waals surface area contributed by atoms with E-state index in [0.29, 0.717) is 31.6 Å². The van der Waals surface area contributed by atoms with Gasteiger partial charge in [-0.15, -0.1) is 0 Å². The van der Waals surface area contributed by atoms with Crippen LogP contribution < -0.4 is 5.32 Å². The summed E-state index contributed by atoms with van der Waals surface area (Å²) in [5.74, 6) is 0.153. The first kappa shape index (κ1) is 22.3. The van der Waals surface area contributed by atoms with E-state index in [1.54, 1.807) is 4.57 Å². The average molecular weight is 479 g/mol. The molecule has 0 saturated carbocycles. The summed E-state index contributed by atoms with van der Waals surface area (Å²) in [5, 5.41) is 2.96. The number of benzene rings is 2. The minimum absolute atomic E-state index is 0.0246. The van der Waals surface area contributed by atoms with Crippen LogP contribution in [0.15, 0.2) is 66.1 Å². The molecule has 9 nitrogen and oxygen atoms in total. The number of hydrogen-bond donors (Lipinski definition) is 2. The van der Waals surface area contributed by atoms with Crippen LogP contribution in [-0.4, -0.2) is 51.2 Å². The molecule has 1 atom stereocenters. The third-order valence-corrected chi connectivity index (χ3v) is 7.90. The van der Waals surface area contributed by atoms with Gasteiger partial charge >= 0.3 is 0 Å². The second-order valence-corrected chi connectivity index (χ2v) is 10.3. The summed E-state index contributed by atoms with van der Waals surface area (Å²) in [6.45, 7) is 3.09. The molecule has 5 rings (SSSR count). The summed E-state index contributed by atoms with van der Waals surface area (Å²) < 4.78 is 29.1. The van der Waals surface area contributed by atoms with Crippen LogP contribution in [0.5, 0.6) is 0 Å². The van der Waals surface area contributed by atoms with Gasteiger partial charge in [-0.3, -0.25) is 4.79 Å². The smallest absolute Gasteiger partial charge is 0.262 e. The number of fused-ring (bicyclic) bond motifs is 1. The summed E-state index contributed by atoms with van der Waals surface area (Å²) in [6, 6.07) is 15.3. The number of nitrogens with one attached hydrogen (secondary N) is 2. The number of hydrogen-bond acceptors (Lipinski definition) is 5. The highest BCUT2D eigenvalue weighted by Crippen LogP contribution is 2.25. The topological polar surface area (TPSA) is 113 Å². The standard InChI is InChI=1S/C24H26N6O3S/c1-2-29-15-22(25-16-29)34(32,33)30-13-5-6-18(14-30)24(31)26-19-11-9-17(10-12-19)23-27-20-7-3-4-8-21(20)28-23/h3-4,7-12,15-16,18H,2,5-6,13-14H2,1H3,(H,26,31)(H,27,28)/t18-/m1/s1. The van der Waals surface area contributed by atoms with Gasteiger partial charge in [0, 0.05) is 37.1 Å². The lowest BCUT2D eigenvalue weighted by Crippen LogP contribution is -2.43. The fourth-order valence-electron chi connectivity index (χ4n) is 4.20. The molecule has 176 valence electrons. The van der Waals surface area contributed by atoms with E-state index in [2.05, 4.69) is 20.3 Å². The fraction of sp³-hybridized carbons (Fsp3) is 0.292. The van der Waals surface area contributed by atoms with Crippen molar-refractivity contribution in [3.8, 4) is 11.4 Å². The highest BCUT2D eigenvalue weighted by atomic mass is 32.2. The molecule has 2 aromatic heterocycles. The molecule has 3 heterocycles. The highest BCUT2D eigenvalue weighted by molar-refractivity contribution is 7.89. The number of amides is 1. The first-order chi connectivity index (χ1) is 16.4. The number of nitrogens with zero attached hydrogens (tertiary/aromatic N) is 4. The SMILES string of the molecule is CCn1cnc(S(=O)(=O)N2CCC[C@@H](C(=O)Nc3ccc(-c4nc5ccccc5[nH]4)cc3)C2)c1. The summed E-state index contributed by atoms with van der Waals surface area (Å²) in [7, 11) is -3.73. The maximum absolute atomic E-state index is 13.0. The number of anilines is 1. The molecule has 1 amide bonds. The van der Waals surface area contributed by atoms with E-state index < -0.39 is 15.9 Å². The predicted molar refractivity (Wildman–Crippen MR) is 130 cm³/mol. The van der Waals surface area contributed by atoms with Crippen molar-refractivity contribution in [1.29, 1.82) is 0 Å². The van der Waals surface area contributed by atoms with E-state index in [1.165, 1.54) is 16.8 Å². The Morgan fingerprint density at radius 3 is 2.71 bits per heavy atom. The number of carbonyl (C=O) groups is 1. The molecule has 1 aliphatic rings. The number of sulfonamides is 1. The van der Waals surface area contributed by atoms with Crippen molar-refractivity contribution in [2.45, 2.75) is 31.3 Å². The maximum atomic E-state index is 13.0. The van der Waals surface area contributed by atoms with Crippen molar-refractivity contribution in [1.82, 2.24) is 23.8 Å². The van der Waals surface area contributed by atoms with E-state index in [0.717, 1.165) is 22.4 Å². The van der Waals surface area contributed by atoms with Gasteiger partial charge in [-0.1, -0.05) is 12.1 Å². The van der Waals surface area contributed by atoms with Crippen molar-refractivity contribution < 1.29 is 13.2 Å². The molecule has 34 heavy (non-hydrogen) atoms. The number of carbonyl (C=O) groups excluding carboxylic acids is 1. The van der Waals surface area contributed by atoms with Crippen LogP contribution in [0, 0.1) is 5.92 Å². The summed E-state index contributed by atoms with van der Waals surface area (Å²) in [4.78, 5) is 24.9. The molecule has 1 fully saturated rings. The monoisotopic (exact) mass is 478 g/mol. The number of aryl methyl sites for hydroxylation is 1. The second-order valence-electron chi connectivity index (χ2n) is 8.41. The van der Waals surface area contributed by atoms with E-state index in [-0.39, 0.29) is 17.5 Å². The largest absolute Gasteiger partial charge is 0.338 e. The first-order valence-corrected chi connectivity index (χ1v) is 12.8. The van der Waals surface area contributed by atoms with Crippen molar-refractivity contribution >= 4 is 32.7 Å².